The molecule has 8 nitrogen and oxygen atoms in total. The number of carbonyl (C=O) groups excluding carboxylic acids is 2. The highest BCUT2D eigenvalue weighted by molar-refractivity contribution is 7.99. The third-order valence-electron chi connectivity index (χ3n) is 5.15. The summed E-state index contributed by atoms with van der Waals surface area (Å²) in [5, 5.41) is 11.4. The van der Waals surface area contributed by atoms with Gasteiger partial charge in [0.05, 0.1) is 29.9 Å². The number of hydrogen-bond acceptors (Lipinski definition) is 8. The van der Waals surface area contributed by atoms with Gasteiger partial charge in [-0.2, -0.15) is 0 Å². The minimum Gasteiger partial charge on any atom is -0.465 e. The lowest BCUT2D eigenvalue weighted by molar-refractivity contribution is -0.142. The lowest BCUT2D eigenvalue weighted by Crippen LogP contribution is -2.37. The van der Waals surface area contributed by atoms with Crippen LogP contribution in [0.5, 0.6) is 0 Å². The zero-order chi connectivity index (χ0) is 23.0. The minimum absolute atomic E-state index is 0.111. The zero-order valence-corrected chi connectivity index (χ0v) is 20.0. The van der Waals surface area contributed by atoms with Crippen molar-refractivity contribution in [3.05, 3.63) is 47.8 Å². The van der Waals surface area contributed by atoms with E-state index in [-0.39, 0.29) is 30.9 Å². The Morgan fingerprint density at radius 2 is 2.09 bits per heavy atom. The first-order valence-corrected chi connectivity index (χ1v) is 12.7. The standard InChI is InChI=1S/C23H26N4O4S2/c1-2-30-21(29)15-26(17-8-4-3-5-9-17)20(28)16-33-23-25-24-22(19-11-7-13-32-19)27(23)14-18-10-6-12-31-18/h3-5,7-9,11,13,18H,2,6,10,12,14-16H2,1H3. The van der Waals surface area contributed by atoms with E-state index in [9.17, 15) is 9.59 Å². The summed E-state index contributed by atoms with van der Waals surface area (Å²) >= 11 is 2.91. The van der Waals surface area contributed by atoms with E-state index in [0.29, 0.717) is 17.4 Å². The van der Waals surface area contributed by atoms with Crippen molar-refractivity contribution in [3.63, 3.8) is 0 Å². The van der Waals surface area contributed by atoms with Gasteiger partial charge in [-0.05, 0) is 43.3 Å². The number of aromatic nitrogens is 3. The van der Waals surface area contributed by atoms with Gasteiger partial charge in [-0.3, -0.25) is 14.2 Å². The maximum absolute atomic E-state index is 13.2. The van der Waals surface area contributed by atoms with Crippen LogP contribution in [0, 0.1) is 0 Å². The van der Waals surface area contributed by atoms with Gasteiger partial charge in [0.1, 0.15) is 6.54 Å². The normalized spacial score (nSPS) is 15.5. The molecule has 1 aromatic carbocycles. The Labute approximate surface area is 200 Å². The molecule has 1 saturated heterocycles. The number of hydrogen-bond donors (Lipinski definition) is 0. The molecule has 0 spiro atoms. The van der Waals surface area contributed by atoms with Crippen LogP contribution >= 0.6 is 23.1 Å². The maximum Gasteiger partial charge on any atom is 0.326 e. The van der Waals surface area contributed by atoms with Crippen LogP contribution < -0.4 is 4.90 Å². The maximum atomic E-state index is 13.2. The molecule has 0 aliphatic carbocycles. The SMILES string of the molecule is CCOC(=O)CN(C(=O)CSc1nnc(-c2cccs2)n1CC1CCCO1)c1ccccc1. The van der Waals surface area contributed by atoms with E-state index in [1.54, 1.807) is 30.4 Å². The third-order valence-corrected chi connectivity index (χ3v) is 6.97. The number of nitrogens with zero attached hydrogens (tertiary/aromatic N) is 4. The molecule has 2 aromatic heterocycles. The fourth-order valence-corrected chi connectivity index (χ4v) is 5.15. The van der Waals surface area contributed by atoms with Crippen molar-refractivity contribution < 1.29 is 19.1 Å². The van der Waals surface area contributed by atoms with E-state index in [4.69, 9.17) is 9.47 Å². The van der Waals surface area contributed by atoms with Crippen molar-refractivity contribution in [2.24, 2.45) is 0 Å². The molecule has 1 amide bonds. The molecule has 0 bridgehead atoms. The highest BCUT2D eigenvalue weighted by Gasteiger charge is 2.24. The molecule has 33 heavy (non-hydrogen) atoms. The molecular formula is C23H26N4O4S2. The molecule has 3 aromatic rings. The second-order valence-electron chi connectivity index (χ2n) is 7.44. The third kappa shape index (κ3) is 6.01. The average Bonchev–Trinajstić information content (AvgIpc) is 3.59. The Hall–Kier alpha value is -2.69. The summed E-state index contributed by atoms with van der Waals surface area (Å²) in [6.07, 6.45) is 2.15. The number of anilines is 1. The van der Waals surface area contributed by atoms with Crippen LogP contribution in [0.15, 0.2) is 53.0 Å². The summed E-state index contributed by atoms with van der Waals surface area (Å²) in [5.41, 5.74) is 0.649. The number of thioether (sulfide) groups is 1. The number of ether oxygens (including phenoxy) is 2. The van der Waals surface area contributed by atoms with Crippen molar-refractivity contribution in [1.82, 2.24) is 14.8 Å². The summed E-state index contributed by atoms with van der Waals surface area (Å²) in [4.78, 5) is 27.8. The molecule has 1 unspecified atom stereocenters. The predicted molar refractivity (Wildman–Crippen MR) is 128 cm³/mol. The van der Waals surface area contributed by atoms with Crippen LogP contribution in [0.4, 0.5) is 5.69 Å². The van der Waals surface area contributed by atoms with Crippen LogP contribution in [0.2, 0.25) is 0 Å². The Bertz CT molecular complexity index is 1050. The fraction of sp³-hybridized carbons (Fsp3) is 0.391. The first-order chi connectivity index (χ1) is 16.2. The van der Waals surface area contributed by atoms with E-state index in [0.717, 1.165) is 30.2 Å². The molecule has 0 N–H and O–H groups in total. The second-order valence-corrected chi connectivity index (χ2v) is 9.33. The number of carbonyl (C=O) groups is 2. The van der Waals surface area contributed by atoms with Crippen LogP contribution in [0.1, 0.15) is 19.8 Å². The number of thiophene rings is 1. The molecule has 1 aliphatic heterocycles. The highest BCUT2D eigenvalue weighted by atomic mass is 32.2. The van der Waals surface area contributed by atoms with Crippen LogP contribution in [-0.4, -0.2) is 58.3 Å². The zero-order valence-electron chi connectivity index (χ0n) is 18.4. The summed E-state index contributed by atoms with van der Waals surface area (Å²) in [7, 11) is 0. The van der Waals surface area contributed by atoms with Crippen LogP contribution in [0.3, 0.4) is 0 Å². The van der Waals surface area contributed by atoms with E-state index in [2.05, 4.69) is 10.2 Å². The van der Waals surface area contributed by atoms with Crippen molar-refractivity contribution >= 4 is 40.7 Å². The van der Waals surface area contributed by atoms with Gasteiger partial charge in [-0.25, -0.2) is 0 Å². The largest absolute Gasteiger partial charge is 0.465 e. The topological polar surface area (TPSA) is 86.5 Å². The monoisotopic (exact) mass is 486 g/mol. The predicted octanol–water partition coefficient (Wildman–Crippen LogP) is 3.87. The first-order valence-electron chi connectivity index (χ1n) is 10.9. The number of rotatable bonds is 10. The first kappa shape index (κ1) is 23.5. The molecule has 0 radical (unpaired) electrons. The van der Waals surface area contributed by atoms with Crippen molar-refractivity contribution in [2.45, 2.75) is 37.6 Å². The Balaban J connectivity index is 1.51. The number of benzene rings is 1. The lowest BCUT2D eigenvalue weighted by Gasteiger charge is -2.22. The van der Waals surface area contributed by atoms with Gasteiger partial charge < -0.3 is 14.4 Å². The average molecular weight is 487 g/mol. The highest BCUT2D eigenvalue weighted by Crippen LogP contribution is 2.29. The second kappa shape index (κ2) is 11.4. The molecule has 10 heteroatoms. The smallest absolute Gasteiger partial charge is 0.326 e. The molecule has 174 valence electrons. The molecule has 4 rings (SSSR count). The summed E-state index contributed by atoms with van der Waals surface area (Å²) in [6, 6.07) is 13.1. The molecule has 0 saturated carbocycles. The Morgan fingerprint density at radius 1 is 1.24 bits per heavy atom. The van der Waals surface area contributed by atoms with E-state index >= 15 is 0 Å². The summed E-state index contributed by atoms with van der Waals surface area (Å²) in [6.45, 7) is 3.28. The number of amides is 1. The van der Waals surface area contributed by atoms with Gasteiger partial charge >= 0.3 is 5.97 Å². The molecule has 3 heterocycles. The van der Waals surface area contributed by atoms with E-state index < -0.39 is 5.97 Å². The van der Waals surface area contributed by atoms with E-state index in [1.807, 2.05) is 40.3 Å². The van der Waals surface area contributed by atoms with Gasteiger partial charge in [0.15, 0.2) is 11.0 Å². The Morgan fingerprint density at radius 3 is 2.79 bits per heavy atom. The van der Waals surface area contributed by atoms with Gasteiger partial charge in [-0.15, -0.1) is 21.5 Å². The van der Waals surface area contributed by atoms with Gasteiger partial charge in [0.2, 0.25) is 5.91 Å². The van der Waals surface area contributed by atoms with Crippen LogP contribution in [0.25, 0.3) is 10.7 Å². The van der Waals surface area contributed by atoms with Gasteiger partial charge in [-0.1, -0.05) is 36.0 Å². The molecule has 1 fully saturated rings. The van der Waals surface area contributed by atoms with E-state index in [1.165, 1.54) is 16.7 Å². The Kier molecular flexibility index (Phi) is 8.14. The number of para-hydroxylation sites is 1. The number of esters is 1. The molecule has 1 aliphatic rings. The van der Waals surface area contributed by atoms with Crippen molar-refractivity contribution in [2.75, 3.05) is 30.4 Å². The van der Waals surface area contributed by atoms with Crippen molar-refractivity contribution in [3.8, 4) is 10.7 Å². The molecule has 1 atom stereocenters. The lowest BCUT2D eigenvalue weighted by atomic mass is 10.2. The van der Waals surface area contributed by atoms with Crippen molar-refractivity contribution in [1.29, 1.82) is 0 Å². The summed E-state index contributed by atoms with van der Waals surface area (Å²) in [5.74, 6) is 0.245. The fourth-order valence-electron chi connectivity index (χ4n) is 3.61. The molecular weight excluding hydrogens is 460 g/mol. The summed E-state index contributed by atoms with van der Waals surface area (Å²) < 4.78 is 12.9. The van der Waals surface area contributed by atoms with Crippen LogP contribution in [-0.2, 0) is 25.6 Å². The van der Waals surface area contributed by atoms with Gasteiger partial charge in [0.25, 0.3) is 0 Å². The quantitative estimate of drug-likeness (QED) is 0.318. The minimum atomic E-state index is -0.443. The van der Waals surface area contributed by atoms with Gasteiger partial charge in [0, 0.05) is 12.3 Å².